The number of hydrogen-bond donors (Lipinski definition) is 0. The van der Waals surface area contributed by atoms with E-state index in [1.807, 2.05) is 19.3 Å². The van der Waals surface area contributed by atoms with E-state index in [1.54, 1.807) is 6.33 Å². The fourth-order valence-corrected chi connectivity index (χ4v) is 2.84. The van der Waals surface area contributed by atoms with Crippen LogP contribution in [0.3, 0.4) is 0 Å². The second-order valence-corrected chi connectivity index (χ2v) is 5.65. The predicted molar refractivity (Wildman–Crippen MR) is 87.3 cm³/mol. The second-order valence-electron chi connectivity index (χ2n) is 5.65. The Morgan fingerprint density at radius 2 is 1.55 bits per heavy atom. The van der Waals surface area contributed by atoms with Gasteiger partial charge in [0, 0.05) is 49.8 Å². The van der Waals surface area contributed by atoms with Crippen LogP contribution in [0.4, 0.5) is 11.8 Å². The fourth-order valence-electron chi connectivity index (χ4n) is 2.84. The maximum atomic E-state index is 4.51. The number of hydrogen-bond acceptors (Lipinski definition) is 6. The molecule has 6 heteroatoms. The van der Waals surface area contributed by atoms with Gasteiger partial charge in [-0.2, -0.15) is 0 Å². The van der Waals surface area contributed by atoms with Gasteiger partial charge in [0.05, 0.1) is 0 Å². The number of rotatable bonds is 3. The highest BCUT2D eigenvalue weighted by molar-refractivity contribution is 5.50. The van der Waals surface area contributed by atoms with E-state index in [0.29, 0.717) is 0 Å². The van der Waals surface area contributed by atoms with Gasteiger partial charge in [-0.05, 0) is 25.8 Å². The summed E-state index contributed by atoms with van der Waals surface area (Å²) in [6.45, 7) is 9.91. The fraction of sp³-hybridized carbons (Fsp3) is 0.500. The van der Waals surface area contributed by atoms with E-state index in [0.717, 1.165) is 55.6 Å². The zero-order valence-corrected chi connectivity index (χ0v) is 13.5. The van der Waals surface area contributed by atoms with Crippen LogP contribution in [0.25, 0.3) is 0 Å². The van der Waals surface area contributed by atoms with E-state index in [4.69, 9.17) is 0 Å². The molecule has 0 aromatic carbocycles. The molecule has 1 fully saturated rings. The van der Waals surface area contributed by atoms with Gasteiger partial charge in [0.25, 0.3) is 0 Å². The lowest BCUT2D eigenvalue weighted by atomic mass is 10.1. The molecule has 0 bridgehead atoms. The van der Waals surface area contributed by atoms with Crippen molar-refractivity contribution in [1.29, 1.82) is 0 Å². The van der Waals surface area contributed by atoms with Gasteiger partial charge in [-0.3, -0.25) is 0 Å². The molecule has 2 aromatic rings. The van der Waals surface area contributed by atoms with Crippen LogP contribution in [-0.4, -0.2) is 46.1 Å². The van der Waals surface area contributed by atoms with Crippen molar-refractivity contribution in [1.82, 2.24) is 19.9 Å². The summed E-state index contributed by atoms with van der Waals surface area (Å²) in [7, 11) is 0. The molecule has 0 saturated carbocycles. The summed E-state index contributed by atoms with van der Waals surface area (Å²) >= 11 is 0. The summed E-state index contributed by atoms with van der Waals surface area (Å²) < 4.78 is 0. The first kappa shape index (κ1) is 14.7. The van der Waals surface area contributed by atoms with Crippen molar-refractivity contribution >= 4 is 11.8 Å². The Labute approximate surface area is 131 Å². The number of aryl methyl sites for hydroxylation is 2. The van der Waals surface area contributed by atoms with E-state index >= 15 is 0 Å². The molecule has 0 radical (unpaired) electrons. The Hall–Kier alpha value is -2.24. The lowest BCUT2D eigenvalue weighted by Crippen LogP contribution is -2.47. The Kier molecular flexibility index (Phi) is 4.18. The van der Waals surface area contributed by atoms with Gasteiger partial charge in [-0.25, -0.2) is 19.9 Å². The Balaban J connectivity index is 1.72. The molecule has 22 heavy (non-hydrogen) atoms. The summed E-state index contributed by atoms with van der Waals surface area (Å²) in [5.74, 6) is 1.90. The van der Waals surface area contributed by atoms with Crippen LogP contribution in [0.2, 0.25) is 0 Å². The molecule has 116 valence electrons. The van der Waals surface area contributed by atoms with Crippen molar-refractivity contribution < 1.29 is 0 Å². The number of nitrogens with zero attached hydrogens (tertiary/aromatic N) is 6. The molecular formula is C16H22N6. The molecule has 0 unspecified atom stereocenters. The highest BCUT2D eigenvalue weighted by Gasteiger charge is 2.22. The molecule has 0 atom stereocenters. The van der Waals surface area contributed by atoms with Crippen molar-refractivity contribution in [3.8, 4) is 0 Å². The van der Waals surface area contributed by atoms with E-state index in [1.165, 1.54) is 5.56 Å². The number of anilines is 2. The summed E-state index contributed by atoms with van der Waals surface area (Å²) in [5, 5.41) is 0. The highest BCUT2D eigenvalue weighted by atomic mass is 15.3. The molecule has 3 heterocycles. The van der Waals surface area contributed by atoms with E-state index in [-0.39, 0.29) is 0 Å². The first-order chi connectivity index (χ1) is 10.7. The monoisotopic (exact) mass is 298 g/mol. The molecule has 0 aliphatic carbocycles. The molecular weight excluding hydrogens is 276 g/mol. The molecule has 0 amide bonds. The van der Waals surface area contributed by atoms with Crippen LogP contribution in [0.15, 0.2) is 18.7 Å². The third-order valence-electron chi connectivity index (χ3n) is 4.12. The molecule has 1 aliphatic heterocycles. The lowest BCUT2D eigenvalue weighted by Gasteiger charge is -2.36. The van der Waals surface area contributed by atoms with Crippen molar-refractivity contribution in [3.05, 3.63) is 35.5 Å². The molecule has 0 N–H and O–H groups in total. The maximum Gasteiger partial charge on any atom is 0.225 e. The topological polar surface area (TPSA) is 58.0 Å². The summed E-state index contributed by atoms with van der Waals surface area (Å²) in [6.07, 6.45) is 6.37. The molecule has 3 rings (SSSR count). The SMILES string of the molecule is CCc1c(C)ncnc1N1CCN(c2ncc(C)cn2)CC1. The minimum Gasteiger partial charge on any atom is -0.353 e. The Morgan fingerprint density at radius 3 is 2.18 bits per heavy atom. The Bertz CT molecular complexity index is 632. The number of aromatic nitrogens is 4. The molecule has 6 nitrogen and oxygen atoms in total. The van der Waals surface area contributed by atoms with Crippen LogP contribution in [0.5, 0.6) is 0 Å². The van der Waals surface area contributed by atoms with E-state index in [2.05, 4.69) is 43.6 Å². The van der Waals surface area contributed by atoms with Crippen molar-refractivity contribution in [2.24, 2.45) is 0 Å². The predicted octanol–water partition coefficient (Wildman–Crippen LogP) is 1.77. The zero-order valence-electron chi connectivity index (χ0n) is 13.5. The first-order valence-electron chi connectivity index (χ1n) is 7.78. The molecule has 2 aromatic heterocycles. The van der Waals surface area contributed by atoms with Gasteiger partial charge < -0.3 is 9.80 Å². The molecule has 1 aliphatic rings. The summed E-state index contributed by atoms with van der Waals surface area (Å²) in [6, 6.07) is 0. The average Bonchev–Trinajstić information content (AvgIpc) is 2.55. The van der Waals surface area contributed by atoms with Gasteiger partial charge >= 0.3 is 0 Å². The molecule has 0 spiro atoms. The van der Waals surface area contributed by atoms with Crippen LogP contribution >= 0.6 is 0 Å². The normalized spacial score (nSPS) is 15.2. The van der Waals surface area contributed by atoms with Gasteiger partial charge in [-0.1, -0.05) is 6.92 Å². The average molecular weight is 298 g/mol. The minimum atomic E-state index is 0.819. The van der Waals surface area contributed by atoms with Crippen molar-refractivity contribution in [2.45, 2.75) is 27.2 Å². The van der Waals surface area contributed by atoms with Gasteiger partial charge in [0.2, 0.25) is 5.95 Å². The van der Waals surface area contributed by atoms with Crippen molar-refractivity contribution in [3.63, 3.8) is 0 Å². The van der Waals surface area contributed by atoms with Gasteiger partial charge in [0.15, 0.2) is 0 Å². The summed E-state index contributed by atoms with van der Waals surface area (Å²) in [5.41, 5.74) is 3.42. The van der Waals surface area contributed by atoms with Crippen molar-refractivity contribution in [2.75, 3.05) is 36.0 Å². The molecule has 1 saturated heterocycles. The largest absolute Gasteiger partial charge is 0.353 e. The summed E-state index contributed by atoms with van der Waals surface area (Å²) in [4.78, 5) is 22.2. The van der Waals surface area contributed by atoms with Crippen LogP contribution in [0.1, 0.15) is 23.7 Å². The lowest BCUT2D eigenvalue weighted by molar-refractivity contribution is 0.630. The standard InChI is InChI=1S/C16H22N6/c1-4-14-13(3)19-11-20-15(14)21-5-7-22(8-6-21)16-17-9-12(2)10-18-16/h9-11H,4-8H2,1-3H3. The minimum absolute atomic E-state index is 0.819. The third-order valence-corrected chi connectivity index (χ3v) is 4.12. The first-order valence-corrected chi connectivity index (χ1v) is 7.78. The maximum absolute atomic E-state index is 4.51. The van der Waals surface area contributed by atoms with Crippen LogP contribution in [-0.2, 0) is 6.42 Å². The zero-order chi connectivity index (χ0) is 15.5. The van der Waals surface area contributed by atoms with Gasteiger partial charge in [-0.15, -0.1) is 0 Å². The Morgan fingerprint density at radius 1 is 0.909 bits per heavy atom. The highest BCUT2D eigenvalue weighted by Crippen LogP contribution is 2.22. The smallest absolute Gasteiger partial charge is 0.225 e. The van der Waals surface area contributed by atoms with Gasteiger partial charge in [0.1, 0.15) is 12.1 Å². The van der Waals surface area contributed by atoms with Crippen LogP contribution in [0, 0.1) is 13.8 Å². The van der Waals surface area contributed by atoms with Crippen LogP contribution < -0.4 is 9.80 Å². The van der Waals surface area contributed by atoms with E-state index in [9.17, 15) is 0 Å². The third kappa shape index (κ3) is 2.86. The number of piperazine rings is 1. The second kappa shape index (κ2) is 6.25. The quantitative estimate of drug-likeness (QED) is 0.861. The van der Waals surface area contributed by atoms with E-state index < -0.39 is 0 Å².